The lowest BCUT2D eigenvalue weighted by molar-refractivity contribution is 0.597. The summed E-state index contributed by atoms with van der Waals surface area (Å²) in [5, 5.41) is 15.6. The summed E-state index contributed by atoms with van der Waals surface area (Å²) in [6, 6.07) is 22.4. The molecule has 0 spiro atoms. The van der Waals surface area contributed by atoms with Gasteiger partial charge in [0.15, 0.2) is 0 Å². The maximum absolute atomic E-state index is 12.6. The Labute approximate surface area is 197 Å². The normalized spacial score (nSPS) is 12.8. The number of nitrogens with zero attached hydrogens (tertiary/aromatic N) is 1. The van der Waals surface area contributed by atoms with Crippen molar-refractivity contribution < 1.29 is 8.42 Å². The molecule has 3 rings (SSSR count). The first-order chi connectivity index (χ1) is 15.3. The molecule has 6 nitrogen and oxygen atoms in total. The van der Waals surface area contributed by atoms with E-state index in [-0.39, 0.29) is 23.3 Å². The third kappa shape index (κ3) is 6.09. The van der Waals surface area contributed by atoms with Crippen molar-refractivity contribution in [3.05, 3.63) is 100 Å². The molecule has 0 radical (unpaired) electrons. The molecule has 0 unspecified atom stereocenters. The molecular weight excluding hydrogens is 467 g/mol. The fourth-order valence-electron chi connectivity index (χ4n) is 3.05. The van der Waals surface area contributed by atoms with Crippen molar-refractivity contribution in [1.29, 1.82) is 5.41 Å². The average molecular weight is 489 g/mol. The molecule has 0 bridgehead atoms. The summed E-state index contributed by atoms with van der Waals surface area (Å²) in [5.41, 5.74) is 2.01. The molecular formula is C23H22Cl2N4O2S. The van der Waals surface area contributed by atoms with Gasteiger partial charge in [-0.15, -0.1) is 4.40 Å². The molecule has 0 aliphatic rings. The summed E-state index contributed by atoms with van der Waals surface area (Å²) in [7, 11) is -2.37. The molecule has 0 saturated heterocycles. The Balaban J connectivity index is 1.85. The van der Waals surface area contributed by atoms with Crippen LogP contribution in [0.2, 0.25) is 10.0 Å². The second-order valence-electron chi connectivity index (χ2n) is 6.88. The van der Waals surface area contributed by atoms with Gasteiger partial charge < -0.3 is 16.0 Å². The lowest BCUT2D eigenvalue weighted by Crippen LogP contribution is -2.39. The van der Waals surface area contributed by atoms with Gasteiger partial charge >= 0.3 is 0 Å². The molecule has 166 valence electrons. The molecule has 1 atom stereocenters. The van der Waals surface area contributed by atoms with Gasteiger partial charge in [0.05, 0.1) is 4.90 Å². The smallest absolute Gasteiger partial charge is 0.285 e. The quantitative estimate of drug-likeness (QED) is 0.331. The Morgan fingerprint density at radius 2 is 1.50 bits per heavy atom. The minimum atomic E-state index is -3.94. The van der Waals surface area contributed by atoms with Crippen LogP contribution in [0.3, 0.4) is 0 Å². The Kier molecular flexibility index (Phi) is 7.90. The first-order valence-corrected chi connectivity index (χ1v) is 11.9. The monoisotopic (exact) mass is 488 g/mol. The second-order valence-corrected chi connectivity index (χ2v) is 9.36. The van der Waals surface area contributed by atoms with Crippen LogP contribution in [-0.2, 0) is 10.0 Å². The number of sulfonamides is 1. The molecule has 32 heavy (non-hydrogen) atoms. The SMILES string of the molecule is CN/C(=N\S(=O)(=O)c1ccc(Cl)cc1)NC[C@@H](C(=N)c1ccc(Cl)cc1)c1ccccc1. The number of nitrogens with one attached hydrogen (secondary N) is 3. The fourth-order valence-corrected chi connectivity index (χ4v) is 4.28. The first kappa shape index (κ1) is 23.8. The van der Waals surface area contributed by atoms with E-state index in [0.29, 0.717) is 15.8 Å². The molecule has 0 aromatic heterocycles. The van der Waals surface area contributed by atoms with Crippen LogP contribution in [-0.4, -0.2) is 33.7 Å². The van der Waals surface area contributed by atoms with E-state index in [0.717, 1.165) is 11.1 Å². The maximum Gasteiger partial charge on any atom is 0.285 e. The summed E-state index contributed by atoms with van der Waals surface area (Å²) >= 11 is 11.8. The Morgan fingerprint density at radius 1 is 0.938 bits per heavy atom. The van der Waals surface area contributed by atoms with Crippen LogP contribution in [0.4, 0.5) is 0 Å². The molecule has 9 heteroatoms. The van der Waals surface area contributed by atoms with Gasteiger partial charge in [-0.3, -0.25) is 0 Å². The fraction of sp³-hybridized carbons (Fsp3) is 0.130. The Morgan fingerprint density at radius 3 is 2.06 bits per heavy atom. The minimum Gasteiger partial charge on any atom is -0.359 e. The van der Waals surface area contributed by atoms with E-state index in [4.69, 9.17) is 28.6 Å². The average Bonchev–Trinajstić information content (AvgIpc) is 2.79. The number of guanidine groups is 1. The van der Waals surface area contributed by atoms with E-state index in [2.05, 4.69) is 15.0 Å². The third-order valence-corrected chi connectivity index (χ3v) is 6.53. The first-order valence-electron chi connectivity index (χ1n) is 9.71. The zero-order valence-electron chi connectivity index (χ0n) is 17.2. The van der Waals surface area contributed by atoms with Gasteiger partial charge in [-0.2, -0.15) is 8.42 Å². The van der Waals surface area contributed by atoms with E-state index in [1.165, 1.54) is 24.3 Å². The van der Waals surface area contributed by atoms with E-state index >= 15 is 0 Å². The van der Waals surface area contributed by atoms with Crippen molar-refractivity contribution in [3.63, 3.8) is 0 Å². The molecule has 0 heterocycles. The molecule has 3 aromatic carbocycles. The zero-order valence-corrected chi connectivity index (χ0v) is 19.5. The summed E-state index contributed by atoms with van der Waals surface area (Å²) < 4.78 is 29.2. The summed E-state index contributed by atoms with van der Waals surface area (Å²) in [4.78, 5) is 0.0324. The highest BCUT2D eigenvalue weighted by Crippen LogP contribution is 2.22. The Hall–Kier alpha value is -2.87. The zero-order chi connectivity index (χ0) is 23.1. The van der Waals surface area contributed by atoms with Crippen molar-refractivity contribution in [2.45, 2.75) is 10.8 Å². The van der Waals surface area contributed by atoms with Gasteiger partial charge in [-0.25, -0.2) is 0 Å². The predicted molar refractivity (Wildman–Crippen MR) is 131 cm³/mol. The van der Waals surface area contributed by atoms with E-state index in [9.17, 15) is 8.42 Å². The number of hydrogen-bond donors (Lipinski definition) is 3. The molecule has 3 aromatic rings. The highest BCUT2D eigenvalue weighted by molar-refractivity contribution is 7.90. The number of benzene rings is 3. The topological polar surface area (TPSA) is 94.4 Å². The van der Waals surface area contributed by atoms with Crippen LogP contribution in [0.1, 0.15) is 17.0 Å². The van der Waals surface area contributed by atoms with E-state index in [1.807, 2.05) is 30.3 Å². The number of hydrogen-bond acceptors (Lipinski definition) is 3. The standard InChI is InChI=1S/C23H22Cl2N4O2S/c1-27-23(29-32(30,31)20-13-11-19(25)12-14-20)28-15-21(16-5-3-2-4-6-16)22(26)17-7-9-18(24)10-8-17/h2-14,21,26H,15H2,1H3,(H2,27,28,29)/t21-/m1/s1. The van der Waals surface area contributed by atoms with Crippen LogP contribution in [0.15, 0.2) is 88.2 Å². The molecule has 0 amide bonds. The van der Waals surface area contributed by atoms with Gasteiger partial charge in [0.25, 0.3) is 10.0 Å². The number of rotatable bonds is 7. The van der Waals surface area contributed by atoms with Gasteiger partial charge in [0.1, 0.15) is 0 Å². The van der Waals surface area contributed by atoms with Crippen LogP contribution >= 0.6 is 23.2 Å². The number of halogens is 2. The summed E-state index contributed by atoms with van der Waals surface area (Å²) in [5.74, 6) is -0.279. The molecule has 0 aliphatic heterocycles. The molecule has 0 fully saturated rings. The summed E-state index contributed by atoms with van der Waals surface area (Å²) in [6.07, 6.45) is 0. The van der Waals surface area contributed by atoms with Gasteiger partial charge in [-0.1, -0.05) is 65.7 Å². The highest BCUT2D eigenvalue weighted by Gasteiger charge is 2.20. The molecule has 0 saturated carbocycles. The van der Waals surface area contributed by atoms with Gasteiger partial charge in [-0.05, 0) is 47.5 Å². The molecule has 0 aliphatic carbocycles. The van der Waals surface area contributed by atoms with Crippen molar-refractivity contribution in [1.82, 2.24) is 10.6 Å². The van der Waals surface area contributed by atoms with E-state index in [1.54, 1.807) is 31.3 Å². The van der Waals surface area contributed by atoms with Crippen molar-refractivity contribution >= 4 is 44.9 Å². The lowest BCUT2D eigenvalue weighted by atomic mass is 9.90. The lowest BCUT2D eigenvalue weighted by Gasteiger charge is -2.21. The van der Waals surface area contributed by atoms with Crippen molar-refractivity contribution in [2.75, 3.05) is 13.6 Å². The van der Waals surface area contributed by atoms with Crippen LogP contribution in [0, 0.1) is 5.41 Å². The molecule has 3 N–H and O–H groups in total. The van der Waals surface area contributed by atoms with Gasteiger partial charge in [0, 0.05) is 35.3 Å². The largest absolute Gasteiger partial charge is 0.359 e. The van der Waals surface area contributed by atoms with Crippen molar-refractivity contribution in [2.24, 2.45) is 4.40 Å². The van der Waals surface area contributed by atoms with Crippen LogP contribution < -0.4 is 10.6 Å². The second kappa shape index (κ2) is 10.6. The third-order valence-electron chi connectivity index (χ3n) is 4.74. The minimum absolute atomic E-state index is 0.0324. The maximum atomic E-state index is 12.6. The van der Waals surface area contributed by atoms with Crippen molar-refractivity contribution in [3.8, 4) is 0 Å². The van der Waals surface area contributed by atoms with E-state index < -0.39 is 10.0 Å². The van der Waals surface area contributed by atoms with Gasteiger partial charge in [0.2, 0.25) is 5.96 Å². The predicted octanol–water partition coefficient (Wildman–Crippen LogP) is 4.70. The van der Waals surface area contributed by atoms with Crippen LogP contribution in [0.25, 0.3) is 0 Å². The Bertz CT molecular complexity index is 1200. The summed E-state index contributed by atoms with van der Waals surface area (Å²) in [6.45, 7) is 0.251. The highest BCUT2D eigenvalue weighted by atomic mass is 35.5. The van der Waals surface area contributed by atoms with Crippen LogP contribution in [0.5, 0.6) is 0 Å².